The highest BCUT2D eigenvalue weighted by Crippen LogP contribution is 2.34. The molecule has 4 rings (SSSR count). The van der Waals surface area contributed by atoms with Gasteiger partial charge < -0.3 is 15.0 Å². The van der Waals surface area contributed by atoms with E-state index >= 15 is 0 Å². The van der Waals surface area contributed by atoms with Crippen molar-refractivity contribution in [2.75, 3.05) is 42.1 Å². The minimum Gasteiger partial charge on any atom is -0.410 e. The molecule has 2 N–H and O–H groups in total. The summed E-state index contributed by atoms with van der Waals surface area (Å²) >= 11 is 11.8. The quantitative estimate of drug-likeness (QED) is 0.219. The largest absolute Gasteiger partial charge is 0.417 e. The van der Waals surface area contributed by atoms with Crippen molar-refractivity contribution in [3.63, 3.8) is 0 Å². The second-order valence-electron chi connectivity index (χ2n) is 8.11. The van der Waals surface area contributed by atoms with Crippen molar-refractivity contribution in [2.24, 2.45) is 0 Å². The second-order valence-corrected chi connectivity index (χ2v) is 8.87. The molecule has 0 bridgehead atoms. The number of ether oxygens (including phenoxy) is 1. The summed E-state index contributed by atoms with van der Waals surface area (Å²) in [6.45, 7) is 3.26. The molecule has 9 heteroatoms. The minimum absolute atomic E-state index is 0.257. The highest BCUT2D eigenvalue weighted by Gasteiger charge is 2.18. The van der Waals surface area contributed by atoms with Crippen LogP contribution in [-0.2, 0) is 0 Å². The van der Waals surface area contributed by atoms with E-state index in [1.165, 1.54) is 0 Å². The fourth-order valence-corrected chi connectivity index (χ4v) is 4.53. The monoisotopic (exact) mass is 524 g/mol. The van der Waals surface area contributed by atoms with E-state index in [0.717, 1.165) is 16.6 Å². The number of halogens is 2. The van der Waals surface area contributed by atoms with Gasteiger partial charge in [-0.05, 0) is 42.8 Å². The molecule has 0 spiro atoms. The molecule has 0 saturated carbocycles. The summed E-state index contributed by atoms with van der Waals surface area (Å²) in [6.07, 6.45) is -0.651. The molecule has 0 aliphatic carbocycles. The van der Waals surface area contributed by atoms with Gasteiger partial charge in [-0.15, -0.1) is 23.2 Å². The number of nitrogens with one attached hydrogen (secondary N) is 2. The average Bonchev–Trinajstić information content (AvgIpc) is 2.88. The van der Waals surface area contributed by atoms with Crippen LogP contribution in [0.3, 0.4) is 0 Å². The van der Waals surface area contributed by atoms with Gasteiger partial charge in [0.25, 0.3) is 5.91 Å². The molecule has 0 unspecified atom stereocenters. The van der Waals surface area contributed by atoms with Crippen LogP contribution < -0.4 is 20.3 Å². The number of pyridine rings is 1. The summed E-state index contributed by atoms with van der Waals surface area (Å²) in [5.74, 6) is 1.09. The number of aromatic nitrogens is 1. The first-order chi connectivity index (χ1) is 17.5. The van der Waals surface area contributed by atoms with Gasteiger partial charge in [0.2, 0.25) is 0 Å². The molecule has 3 aromatic carbocycles. The Kier molecular flexibility index (Phi) is 8.13. The Balaban J connectivity index is 1.67. The van der Waals surface area contributed by atoms with E-state index in [2.05, 4.69) is 15.5 Å². The predicted molar refractivity (Wildman–Crippen MR) is 147 cm³/mol. The number of hydrogen-bond donors (Lipinski definition) is 2. The molecule has 4 aromatic rings. The van der Waals surface area contributed by atoms with Crippen LogP contribution in [-0.4, -0.2) is 48.9 Å². The lowest BCUT2D eigenvalue weighted by Gasteiger charge is -2.22. The molecule has 7 nitrogen and oxygen atoms in total. The van der Waals surface area contributed by atoms with E-state index in [1.807, 2.05) is 43.3 Å². The number of carbonyl (C=O) groups is 2. The van der Waals surface area contributed by atoms with Gasteiger partial charge in [0.15, 0.2) is 0 Å². The van der Waals surface area contributed by atoms with Crippen LogP contribution in [0.5, 0.6) is 5.75 Å². The summed E-state index contributed by atoms with van der Waals surface area (Å²) in [5, 5.41) is 6.93. The first-order valence-electron chi connectivity index (χ1n) is 11.5. The van der Waals surface area contributed by atoms with Crippen molar-refractivity contribution in [1.82, 2.24) is 10.3 Å². The second kappa shape index (κ2) is 11.5. The van der Waals surface area contributed by atoms with Gasteiger partial charge >= 0.3 is 6.09 Å². The van der Waals surface area contributed by atoms with Gasteiger partial charge in [0.1, 0.15) is 5.75 Å². The lowest BCUT2D eigenvalue weighted by Crippen LogP contribution is -2.27. The number of fused-ring (bicyclic) bond motifs is 2. The molecular weight excluding hydrogens is 499 g/mol. The number of para-hydroxylation sites is 2. The fourth-order valence-electron chi connectivity index (χ4n) is 4.12. The third-order valence-electron chi connectivity index (χ3n) is 5.86. The van der Waals surface area contributed by atoms with Gasteiger partial charge in [-0.1, -0.05) is 30.3 Å². The molecule has 0 radical (unpaired) electrons. The van der Waals surface area contributed by atoms with E-state index in [1.54, 1.807) is 31.3 Å². The number of carbonyl (C=O) groups excluding carboxylic acids is 2. The normalized spacial score (nSPS) is 10.9. The maximum atomic E-state index is 13.0. The SMILES string of the molecule is CNC(=O)c1cccc2c(NC(=O)Oc3ccc(N(CCCl)CCCl)cc3)c3cccc(C)c3nc12. The Bertz CT molecular complexity index is 1400. The number of rotatable bonds is 8. The van der Waals surface area contributed by atoms with Crippen LogP contribution in [0, 0.1) is 6.92 Å². The van der Waals surface area contributed by atoms with Crippen LogP contribution in [0.15, 0.2) is 60.7 Å². The van der Waals surface area contributed by atoms with Crippen LogP contribution in [0.25, 0.3) is 21.8 Å². The molecule has 1 heterocycles. The van der Waals surface area contributed by atoms with Crippen LogP contribution >= 0.6 is 23.2 Å². The van der Waals surface area contributed by atoms with Crippen molar-refractivity contribution < 1.29 is 14.3 Å². The maximum absolute atomic E-state index is 13.0. The highest BCUT2D eigenvalue weighted by molar-refractivity contribution is 6.19. The summed E-state index contributed by atoms with van der Waals surface area (Å²) in [7, 11) is 1.57. The molecule has 2 amide bonds. The molecule has 0 saturated heterocycles. The lowest BCUT2D eigenvalue weighted by molar-refractivity contribution is 0.0964. The number of anilines is 2. The molecule has 0 atom stereocenters. The molecule has 0 fully saturated rings. The number of nitrogens with zero attached hydrogens (tertiary/aromatic N) is 2. The van der Waals surface area contributed by atoms with Gasteiger partial charge in [0, 0.05) is 48.4 Å². The average molecular weight is 525 g/mol. The smallest absolute Gasteiger partial charge is 0.410 e. The number of hydrogen-bond acceptors (Lipinski definition) is 5. The summed E-state index contributed by atoms with van der Waals surface area (Å²) < 4.78 is 5.58. The standard InChI is InChI=1S/C27H26Cl2N4O3/c1-17-5-3-6-20-23(17)31-25-21(7-4-8-22(25)26(34)30-2)24(20)32-27(35)36-19-11-9-18(10-12-19)33(15-13-28)16-14-29/h3-12H,13-16H2,1-2H3,(H,30,34)(H,31,32,35). The first kappa shape index (κ1) is 25.5. The molecule has 36 heavy (non-hydrogen) atoms. The maximum Gasteiger partial charge on any atom is 0.417 e. The van der Waals surface area contributed by atoms with E-state index in [0.29, 0.717) is 58.3 Å². The molecule has 186 valence electrons. The van der Waals surface area contributed by atoms with E-state index in [-0.39, 0.29) is 5.91 Å². The Morgan fingerprint density at radius 1 is 0.917 bits per heavy atom. The summed E-state index contributed by atoms with van der Waals surface area (Å²) in [5.41, 5.74) is 4.00. The Labute approximate surface area is 219 Å². The van der Waals surface area contributed by atoms with Gasteiger partial charge in [0.05, 0.1) is 22.3 Å². The van der Waals surface area contributed by atoms with Crippen molar-refractivity contribution in [3.05, 3.63) is 71.8 Å². The minimum atomic E-state index is -0.651. The highest BCUT2D eigenvalue weighted by atomic mass is 35.5. The molecular formula is C27H26Cl2N4O3. The van der Waals surface area contributed by atoms with E-state index in [4.69, 9.17) is 32.9 Å². The molecule has 0 aliphatic heterocycles. The Hall–Kier alpha value is -3.55. The zero-order chi connectivity index (χ0) is 25.7. The summed E-state index contributed by atoms with van der Waals surface area (Å²) in [6, 6.07) is 18.2. The van der Waals surface area contributed by atoms with Crippen molar-refractivity contribution in [1.29, 1.82) is 0 Å². The zero-order valence-corrected chi connectivity index (χ0v) is 21.5. The number of alkyl halides is 2. The van der Waals surface area contributed by atoms with Crippen LogP contribution in [0.1, 0.15) is 15.9 Å². The third kappa shape index (κ3) is 5.32. The predicted octanol–water partition coefficient (Wildman–Crippen LogP) is 5.95. The number of benzene rings is 3. The number of amides is 2. The lowest BCUT2D eigenvalue weighted by atomic mass is 10.0. The van der Waals surface area contributed by atoms with Crippen LogP contribution in [0.2, 0.25) is 0 Å². The summed E-state index contributed by atoms with van der Waals surface area (Å²) in [4.78, 5) is 32.3. The van der Waals surface area contributed by atoms with Crippen LogP contribution in [0.4, 0.5) is 16.2 Å². The van der Waals surface area contributed by atoms with E-state index < -0.39 is 6.09 Å². The van der Waals surface area contributed by atoms with Gasteiger partial charge in [-0.3, -0.25) is 10.1 Å². The zero-order valence-electron chi connectivity index (χ0n) is 20.0. The molecule has 0 aliphatic rings. The van der Waals surface area contributed by atoms with Gasteiger partial charge in [-0.25, -0.2) is 9.78 Å². The topological polar surface area (TPSA) is 83.6 Å². The Morgan fingerprint density at radius 3 is 2.19 bits per heavy atom. The number of aryl methyl sites for hydroxylation is 1. The Morgan fingerprint density at radius 2 is 1.56 bits per heavy atom. The molecule has 1 aromatic heterocycles. The van der Waals surface area contributed by atoms with Crippen molar-refractivity contribution in [2.45, 2.75) is 6.92 Å². The van der Waals surface area contributed by atoms with E-state index in [9.17, 15) is 9.59 Å². The fraction of sp³-hybridized carbons (Fsp3) is 0.222. The van der Waals surface area contributed by atoms with Crippen molar-refractivity contribution >= 4 is 68.4 Å². The first-order valence-corrected chi connectivity index (χ1v) is 12.5. The third-order valence-corrected chi connectivity index (χ3v) is 6.19. The van der Waals surface area contributed by atoms with Gasteiger partial charge in [-0.2, -0.15) is 0 Å². The van der Waals surface area contributed by atoms with Crippen molar-refractivity contribution in [3.8, 4) is 5.75 Å².